The Kier molecular flexibility index (Phi) is 3.44. The molecular weight excluding hydrogens is 318 g/mol. The normalized spacial score (nSPS) is 10.9. The van der Waals surface area contributed by atoms with Gasteiger partial charge in [-0.05, 0) is 41.9 Å². The highest BCUT2D eigenvalue weighted by atomic mass is 79.9. The van der Waals surface area contributed by atoms with Crippen molar-refractivity contribution in [2.45, 2.75) is 20.4 Å². The van der Waals surface area contributed by atoms with Crippen molar-refractivity contribution >= 4 is 32.5 Å². The average Bonchev–Trinajstić information content (AvgIpc) is 2.75. The fraction of sp³-hybridized carbons (Fsp3) is 0.200. The Morgan fingerprint density at radius 3 is 2.90 bits per heavy atom. The first-order chi connectivity index (χ1) is 9.63. The maximum Gasteiger partial charge on any atom is 0.213 e. The number of anilines is 1. The first-order valence-corrected chi connectivity index (χ1v) is 7.14. The highest BCUT2D eigenvalue weighted by Crippen LogP contribution is 2.24. The van der Waals surface area contributed by atoms with Crippen molar-refractivity contribution < 1.29 is 4.42 Å². The van der Waals surface area contributed by atoms with Gasteiger partial charge in [0.25, 0.3) is 0 Å². The van der Waals surface area contributed by atoms with Crippen LogP contribution >= 0.6 is 15.9 Å². The number of rotatable bonds is 3. The summed E-state index contributed by atoms with van der Waals surface area (Å²) >= 11 is 3.44. The van der Waals surface area contributed by atoms with Crippen LogP contribution in [0.4, 0.5) is 5.69 Å². The minimum Gasteiger partial charge on any atom is -0.444 e. The molecule has 102 valence electrons. The zero-order chi connectivity index (χ0) is 14.1. The molecule has 20 heavy (non-hydrogen) atoms. The molecule has 3 rings (SSSR count). The van der Waals surface area contributed by atoms with Gasteiger partial charge in [-0.25, -0.2) is 4.98 Å². The Hall–Kier alpha value is -1.88. The Morgan fingerprint density at radius 1 is 1.30 bits per heavy atom. The van der Waals surface area contributed by atoms with Crippen LogP contribution in [0.25, 0.3) is 10.9 Å². The Labute approximate surface area is 125 Å². The summed E-state index contributed by atoms with van der Waals surface area (Å²) in [7, 11) is 0. The second-order valence-electron chi connectivity index (χ2n) is 4.63. The van der Waals surface area contributed by atoms with Gasteiger partial charge in [0.15, 0.2) is 0 Å². The fourth-order valence-corrected chi connectivity index (χ4v) is 2.41. The number of hydrogen-bond donors (Lipinski definition) is 1. The van der Waals surface area contributed by atoms with E-state index in [0.717, 1.165) is 32.5 Å². The largest absolute Gasteiger partial charge is 0.444 e. The van der Waals surface area contributed by atoms with Gasteiger partial charge < -0.3 is 9.73 Å². The van der Waals surface area contributed by atoms with Crippen molar-refractivity contribution in [3.05, 3.63) is 52.3 Å². The zero-order valence-electron chi connectivity index (χ0n) is 11.3. The summed E-state index contributed by atoms with van der Waals surface area (Å²) in [6.45, 7) is 4.41. The second kappa shape index (κ2) is 5.25. The molecule has 0 spiro atoms. The van der Waals surface area contributed by atoms with Crippen molar-refractivity contribution in [2.24, 2.45) is 0 Å². The van der Waals surface area contributed by atoms with Crippen molar-refractivity contribution in [3.63, 3.8) is 0 Å². The molecule has 0 radical (unpaired) electrons. The number of nitrogens with one attached hydrogen (secondary N) is 1. The number of benzene rings is 1. The maximum atomic E-state index is 5.57. The standard InChI is InChI=1S/C15H14BrN3O/c1-9-10(2)20-14(19-9)8-17-13-5-3-4-11-6-12(16)7-18-15(11)13/h3-7,17H,8H2,1-2H3. The molecule has 0 bridgehead atoms. The summed E-state index contributed by atoms with van der Waals surface area (Å²) in [5.41, 5.74) is 2.85. The van der Waals surface area contributed by atoms with Crippen molar-refractivity contribution in [1.82, 2.24) is 9.97 Å². The molecule has 0 aliphatic heterocycles. The van der Waals surface area contributed by atoms with Crippen LogP contribution in [0.5, 0.6) is 0 Å². The van der Waals surface area contributed by atoms with E-state index >= 15 is 0 Å². The van der Waals surface area contributed by atoms with E-state index in [0.29, 0.717) is 12.4 Å². The van der Waals surface area contributed by atoms with Gasteiger partial charge in [-0.2, -0.15) is 0 Å². The molecule has 0 saturated carbocycles. The summed E-state index contributed by atoms with van der Waals surface area (Å²) in [6.07, 6.45) is 1.80. The lowest BCUT2D eigenvalue weighted by atomic mass is 10.2. The number of nitrogens with zero attached hydrogens (tertiary/aromatic N) is 2. The highest BCUT2D eigenvalue weighted by molar-refractivity contribution is 9.10. The van der Waals surface area contributed by atoms with Gasteiger partial charge in [0.1, 0.15) is 5.76 Å². The summed E-state index contributed by atoms with van der Waals surface area (Å²) in [4.78, 5) is 8.82. The number of oxazole rings is 1. The van der Waals surface area contributed by atoms with Gasteiger partial charge in [-0.3, -0.25) is 4.98 Å². The lowest BCUT2D eigenvalue weighted by Gasteiger charge is -2.07. The summed E-state index contributed by atoms with van der Waals surface area (Å²) in [5.74, 6) is 1.55. The number of halogens is 1. The quantitative estimate of drug-likeness (QED) is 0.780. The van der Waals surface area contributed by atoms with Gasteiger partial charge in [0, 0.05) is 16.1 Å². The minimum absolute atomic E-state index is 0.547. The van der Waals surface area contributed by atoms with Gasteiger partial charge >= 0.3 is 0 Å². The zero-order valence-corrected chi connectivity index (χ0v) is 12.9. The van der Waals surface area contributed by atoms with Crippen molar-refractivity contribution in [1.29, 1.82) is 0 Å². The van der Waals surface area contributed by atoms with Crippen molar-refractivity contribution in [2.75, 3.05) is 5.32 Å². The van der Waals surface area contributed by atoms with E-state index in [1.165, 1.54) is 0 Å². The SMILES string of the molecule is Cc1nc(CNc2cccc3cc(Br)cnc23)oc1C. The van der Waals surface area contributed by atoms with Crippen LogP contribution in [0.3, 0.4) is 0 Å². The maximum absolute atomic E-state index is 5.57. The Morgan fingerprint density at radius 2 is 2.15 bits per heavy atom. The van der Waals surface area contributed by atoms with Gasteiger partial charge in [0.05, 0.1) is 23.4 Å². The smallest absolute Gasteiger partial charge is 0.213 e. The molecule has 0 fully saturated rings. The molecule has 3 aromatic rings. The van der Waals surface area contributed by atoms with E-state index in [9.17, 15) is 0 Å². The van der Waals surface area contributed by atoms with E-state index in [-0.39, 0.29) is 0 Å². The van der Waals surface area contributed by atoms with E-state index in [4.69, 9.17) is 4.42 Å². The molecule has 5 heteroatoms. The number of aryl methyl sites for hydroxylation is 2. The predicted molar refractivity (Wildman–Crippen MR) is 82.7 cm³/mol. The van der Waals surface area contributed by atoms with Crippen LogP contribution in [0.1, 0.15) is 17.3 Å². The molecule has 1 N–H and O–H groups in total. The molecule has 2 aromatic heterocycles. The molecule has 1 aromatic carbocycles. The molecule has 0 saturated heterocycles. The molecule has 0 unspecified atom stereocenters. The number of hydrogen-bond acceptors (Lipinski definition) is 4. The van der Waals surface area contributed by atoms with Crippen LogP contribution < -0.4 is 5.32 Å². The van der Waals surface area contributed by atoms with Crippen LogP contribution in [0.2, 0.25) is 0 Å². The van der Waals surface area contributed by atoms with Crippen LogP contribution in [0, 0.1) is 13.8 Å². The van der Waals surface area contributed by atoms with Gasteiger partial charge in [-0.15, -0.1) is 0 Å². The number of aromatic nitrogens is 2. The Bertz CT molecular complexity index is 747. The van der Waals surface area contributed by atoms with Crippen LogP contribution in [-0.2, 0) is 6.54 Å². The lowest BCUT2D eigenvalue weighted by Crippen LogP contribution is -2.01. The summed E-state index contributed by atoms with van der Waals surface area (Å²) in [5, 5.41) is 4.42. The van der Waals surface area contributed by atoms with Crippen LogP contribution in [-0.4, -0.2) is 9.97 Å². The number of para-hydroxylation sites is 1. The van der Waals surface area contributed by atoms with E-state index < -0.39 is 0 Å². The predicted octanol–water partition coefficient (Wildman–Crippen LogP) is 4.21. The van der Waals surface area contributed by atoms with Gasteiger partial charge in [-0.1, -0.05) is 12.1 Å². The molecule has 0 amide bonds. The van der Waals surface area contributed by atoms with Crippen LogP contribution in [0.15, 0.2) is 39.4 Å². The fourth-order valence-electron chi connectivity index (χ4n) is 2.06. The van der Waals surface area contributed by atoms with E-state index in [1.54, 1.807) is 6.20 Å². The second-order valence-corrected chi connectivity index (χ2v) is 5.55. The first-order valence-electron chi connectivity index (χ1n) is 6.34. The molecule has 0 aliphatic rings. The Balaban J connectivity index is 1.87. The summed E-state index contributed by atoms with van der Waals surface area (Å²) < 4.78 is 6.54. The third-order valence-electron chi connectivity index (χ3n) is 3.18. The molecular formula is C15H14BrN3O. The number of fused-ring (bicyclic) bond motifs is 1. The topological polar surface area (TPSA) is 51.0 Å². The van der Waals surface area contributed by atoms with Crippen molar-refractivity contribution in [3.8, 4) is 0 Å². The highest BCUT2D eigenvalue weighted by Gasteiger charge is 2.07. The third kappa shape index (κ3) is 2.54. The number of pyridine rings is 1. The molecule has 0 atom stereocenters. The first kappa shape index (κ1) is 13.1. The monoisotopic (exact) mass is 331 g/mol. The van der Waals surface area contributed by atoms with E-state index in [2.05, 4.69) is 31.2 Å². The summed E-state index contributed by atoms with van der Waals surface area (Å²) in [6, 6.07) is 8.10. The lowest BCUT2D eigenvalue weighted by molar-refractivity contribution is 0.478. The third-order valence-corrected chi connectivity index (χ3v) is 3.61. The molecule has 0 aliphatic carbocycles. The average molecular weight is 332 g/mol. The molecule has 4 nitrogen and oxygen atoms in total. The minimum atomic E-state index is 0.547. The molecule has 2 heterocycles. The van der Waals surface area contributed by atoms with E-state index in [1.807, 2.05) is 38.1 Å². The van der Waals surface area contributed by atoms with Gasteiger partial charge in [0.2, 0.25) is 5.89 Å².